The lowest BCUT2D eigenvalue weighted by Gasteiger charge is -2.00. The van der Waals surface area contributed by atoms with Crippen molar-refractivity contribution in [2.45, 2.75) is 6.54 Å². The third-order valence-electron chi connectivity index (χ3n) is 3.16. The molecule has 106 valence electrons. The number of hydrogen-bond donors (Lipinski definition) is 0. The maximum absolute atomic E-state index is 13.2. The van der Waals surface area contributed by atoms with Crippen LogP contribution < -0.4 is 5.69 Å². The molecule has 0 fully saturated rings. The summed E-state index contributed by atoms with van der Waals surface area (Å²) in [7, 11) is 1.64. The van der Waals surface area contributed by atoms with Crippen molar-refractivity contribution in [1.29, 1.82) is 0 Å². The molecule has 6 heteroatoms. The fourth-order valence-electron chi connectivity index (χ4n) is 2.12. The summed E-state index contributed by atoms with van der Waals surface area (Å²) in [5.74, 6) is 0.151. The van der Waals surface area contributed by atoms with Gasteiger partial charge < -0.3 is 0 Å². The zero-order chi connectivity index (χ0) is 14.8. The Labute approximate surface area is 120 Å². The van der Waals surface area contributed by atoms with Crippen LogP contribution in [0.15, 0.2) is 53.5 Å². The topological polar surface area (TPSA) is 52.7 Å². The molecule has 0 unspecified atom stereocenters. The summed E-state index contributed by atoms with van der Waals surface area (Å²) in [5.41, 5.74) is 1.04. The van der Waals surface area contributed by atoms with Crippen molar-refractivity contribution in [2.24, 2.45) is 7.05 Å². The normalized spacial score (nSPS) is 10.8. The lowest BCUT2D eigenvalue weighted by molar-refractivity contribution is 0.613. The Kier molecular flexibility index (Phi) is 3.35. The minimum absolute atomic E-state index is 0.220. The number of halogens is 1. The van der Waals surface area contributed by atoms with Gasteiger partial charge in [-0.2, -0.15) is 0 Å². The van der Waals surface area contributed by atoms with Crippen LogP contribution in [0.5, 0.6) is 0 Å². The molecule has 21 heavy (non-hydrogen) atoms. The zero-order valence-corrected chi connectivity index (χ0v) is 11.4. The van der Waals surface area contributed by atoms with E-state index in [0.717, 1.165) is 0 Å². The van der Waals surface area contributed by atoms with Gasteiger partial charge >= 0.3 is 5.69 Å². The first kappa shape index (κ1) is 13.2. The summed E-state index contributed by atoms with van der Waals surface area (Å²) in [5, 5.41) is 4.29. The van der Waals surface area contributed by atoms with Gasteiger partial charge in [-0.1, -0.05) is 18.2 Å². The Balaban J connectivity index is 2.00. The van der Waals surface area contributed by atoms with Crippen molar-refractivity contribution in [3.8, 4) is 11.5 Å². The number of rotatable bonds is 3. The number of hydrogen-bond acceptors (Lipinski definition) is 3. The van der Waals surface area contributed by atoms with E-state index < -0.39 is 0 Å². The van der Waals surface area contributed by atoms with Gasteiger partial charge in [0.15, 0.2) is 5.82 Å². The molecule has 0 saturated heterocycles. The highest BCUT2D eigenvalue weighted by Gasteiger charge is 2.13. The fraction of sp³-hybridized carbons (Fsp3) is 0.133. The van der Waals surface area contributed by atoms with Crippen molar-refractivity contribution in [3.05, 3.63) is 70.5 Å². The quantitative estimate of drug-likeness (QED) is 0.737. The Bertz CT molecular complexity index is 823. The average Bonchev–Trinajstić information content (AvgIpc) is 2.77. The van der Waals surface area contributed by atoms with Crippen molar-refractivity contribution in [1.82, 2.24) is 19.3 Å². The van der Waals surface area contributed by atoms with Crippen LogP contribution in [-0.2, 0) is 13.6 Å². The van der Waals surface area contributed by atoms with E-state index in [9.17, 15) is 9.18 Å². The van der Waals surface area contributed by atoms with E-state index in [1.807, 2.05) is 6.07 Å². The van der Waals surface area contributed by atoms with E-state index in [-0.39, 0.29) is 18.1 Å². The van der Waals surface area contributed by atoms with Crippen LogP contribution in [0.3, 0.4) is 0 Å². The minimum atomic E-state index is -0.332. The molecule has 0 atom stereocenters. The minimum Gasteiger partial charge on any atom is -0.277 e. The fourth-order valence-corrected chi connectivity index (χ4v) is 2.12. The van der Waals surface area contributed by atoms with Crippen molar-refractivity contribution >= 4 is 0 Å². The lowest BCUT2D eigenvalue weighted by Crippen LogP contribution is -2.23. The van der Waals surface area contributed by atoms with Crippen molar-refractivity contribution < 1.29 is 4.39 Å². The molecule has 0 N–H and O–H groups in total. The van der Waals surface area contributed by atoms with Crippen LogP contribution in [0.25, 0.3) is 11.5 Å². The highest BCUT2D eigenvalue weighted by atomic mass is 19.1. The maximum Gasteiger partial charge on any atom is 0.346 e. The molecule has 1 aromatic carbocycles. The van der Waals surface area contributed by atoms with Crippen LogP contribution in [0.1, 0.15) is 5.56 Å². The molecular weight excluding hydrogens is 271 g/mol. The molecule has 0 radical (unpaired) electrons. The predicted molar refractivity (Wildman–Crippen MR) is 76.2 cm³/mol. The second-order valence-corrected chi connectivity index (χ2v) is 4.67. The number of benzene rings is 1. The van der Waals surface area contributed by atoms with Gasteiger partial charge in [0.05, 0.1) is 6.54 Å². The molecule has 0 spiro atoms. The molecule has 0 aliphatic heterocycles. The summed E-state index contributed by atoms with van der Waals surface area (Å²) in [6.45, 7) is 0.220. The number of aromatic nitrogens is 4. The Morgan fingerprint density at radius 1 is 1.19 bits per heavy atom. The van der Waals surface area contributed by atoms with Crippen LogP contribution in [-0.4, -0.2) is 19.3 Å². The van der Waals surface area contributed by atoms with Gasteiger partial charge in [0, 0.05) is 13.2 Å². The van der Waals surface area contributed by atoms with E-state index in [2.05, 4.69) is 10.1 Å². The predicted octanol–water partition coefficient (Wildman–Crippen LogP) is 1.83. The second kappa shape index (κ2) is 5.32. The average molecular weight is 284 g/mol. The van der Waals surface area contributed by atoms with E-state index >= 15 is 0 Å². The summed E-state index contributed by atoms with van der Waals surface area (Å²) in [6, 6.07) is 11.5. The van der Waals surface area contributed by atoms with Gasteiger partial charge in [-0.3, -0.25) is 9.55 Å². The largest absolute Gasteiger partial charge is 0.346 e. The number of pyridine rings is 1. The SMILES string of the molecule is Cn1c(-c2ccccn2)nn(Cc2cccc(F)c2)c1=O. The van der Waals surface area contributed by atoms with E-state index in [1.165, 1.54) is 21.4 Å². The van der Waals surface area contributed by atoms with Gasteiger partial charge in [-0.15, -0.1) is 5.10 Å². The third kappa shape index (κ3) is 2.60. The lowest BCUT2D eigenvalue weighted by atomic mass is 10.2. The van der Waals surface area contributed by atoms with Gasteiger partial charge in [0.2, 0.25) is 0 Å². The Morgan fingerprint density at radius 2 is 2.05 bits per heavy atom. The van der Waals surface area contributed by atoms with Crippen LogP contribution >= 0.6 is 0 Å². The molecule has 0 saturated carbocycles. The summed E-state index contributed by atoms with van der Waals surface area (Å²) in [6.07, 6.45) is 1.64. The van der Waals surface area contributed by atoms with Crippen LogP contribution in [0.2, 0.25) is 0 Å². The summed E-state index contributed by atoms with van der Waals surface area (Å²) < 4.78 is 15.9. The van der Waals surface area contributed by atoms with Crippen molar-refractivity contribution in [3.63, 3.8) is 0 Å². The standard InChI is InChI=1S/C15H13FN4O/c1-19-14(13-7-2-3-8-17-13)18-20(15(19)21)10-11-5-4-6-12(16)9-11/h2-9H,10H2,1H3. The summed E-state index contributed by atoms with van der Waals surface area (Å²) in [4.78, 5) is 16.4. The van der Waals surface area contributed by atoms with E-state index in [0.29, 0.717) is 17.1 Å². The first-order valence-electron chi connectivity index (χ1n) is 6.45. The molecule has 0 bridgehead atoms. The molecule has 0 aliphatic carbocycles. The third-order valence-corrected chi connectivity index (χ3v) is 3.16. The monoisotopic (exact) mass is 284 g/mol. The molecule has 2 aromatic heterocycles. The molecule has 2 heterocycles. The maximum atomic E-state index is 13.2. The van der Waals surface area contributed by atoms with Gasteiger partial charge in [-0.25, -0.2) is 13.9 Å². The molecule has 0 aliphatic rings. The van der Waals surface area contributed by atoms with Crippen molar-refractivity contribution in [2.75, 3.05) is 0 Å². The van der Waals surface area contributed by atoms with Crippen LogP contribution in [0.4, 0.5) is 4.39 Å². The van der Waals surface area contributed by atoms with Gasteiger partial charge in [0.1, 0.15) is 11.5 Å². The van der Waals surface area contributed by atoms with E-state index in [4.69, 9.17) is 0 Å². The Hall–Kier alpha value is -2.76. The molecule has 5 nitrogen and oxygen atoms in total. The molecule has 3 rings (SSSR count). The highest BCUT2D eigenvalue weighted by molar-refractivity contribution is 5.48. The molecule has 0 amide bonds. The molecular formula is C15H13FN4O. The first-order valence-corrected chi connectivity index (χ1v) is 6.45. The number of nitrogens with zero attached hydrogens (tertiary/aromatic N) is 4. The first-order chi connectivity index (χ1) is 10.1. The smallest absolute Gasteiger partial charge is 0.277 e. The zero-order valence-electron chi connectivity index (χ0n) is 11.4. The highest BCUT2D eigenvalue weighted by Crippen LogP contribution is 2.11. The Morgan fingerprint density at radius 3 is 2.76 bits per heavy atom. The van der Waals surface area contributed by atoms with Crippen LogP contribution in [0, 0.1) is 5.82 Å². The van der Waals surface area contributed by atoms with Gasteiger partial charge in [0.25, 0.3) is 0 Å². The second-order valence-electron chi connectivity index (χ2n) is 4.67. The van der Waals surface area contributed by atoms with Gasteiger partial charge in [-0.05, 0) is 29.8 Å². The van der Waals surface area contributed by atoms with E-state index in [1.54, 1.807) is 37.5 Å². The molecule has 3 aromatic rings. The summed E-state index contributed by atoms with van der Waals surface area (Å²) >= 11 is 0.